The van der Waals surface area contributed by atoms with Crippen LogP contribution in [0.3, 0.4) is 0 Å². The monoisotopic (exact) mass is 392 g/mol. The number of carbonyl (C=O) groups excluding carboxylic acids is 1. The number of nitrogens with zero attached hydrogens (tertiary/aromatic N) is 2. The summed E-state index contributed by atoms with van der Waals surface area (Å²) in [6, 6.07) is 12.0. The smallest absolute Gasteiger partial charge is 0.254 e. The predicted octanol–water partition coefficient (Wildman–Crippen LogP) is 3.10. The van der Waals surface area contributed by atoms with Crippen molar-refractivity contribution in [3.05, 3.63) is 64.2 Å². The van der Waals surface area contributed by atoms with Gasteiger partial charge in [0.2, 0.25) is 10.0 Å². The van der Waals surface area contributed by atoms with Gasteiger partial charge in [-0.1, -0.05) is 35.4 Å². The molecule has 7 heteroatoms. The van der Waals surface area contributed by atoms with Gasteiger partial charge in [0.1, 0.15) is 0 Å². The average molecular weight is 393 g/mol. The number of amides is 1. The van der Waals surface area contributed by atoms with Crippen LogP contribution in [0.2, 0.25) is 5.02 Å². The Labute approximate surface area is 159 Å². The van der Waals surface area contributed by atoms with E-state index in [0.717, 1.165) is 11.1 Å². The molecule has 0 saturated carbocycles. The predicted molar refractivity (Wildman–Crippen MR) is 102 cm³/mol. The fourth-order valence-corrected chi connectivity index (χ4v) is 4.77. The molecule has 1 saturated heterocycles. The number of rotatable bonds is 3. The van der Waals surface area contributed by atoms with E-state index in [2.05, 4.69) is 0 Å². The van der Waals surface area contributed by atoms with Crippen molar-refractivity contribution in [3.63, 3.8) is 0 Å². The molecule has 0 aromatic heterocycles. The first-order valence-corrected chi connectivity index (χ1v) is 10.2. The van der Waals surface area contributed by atoms with Gasteiger partial charge >= 0.3 is 0 Å². The summed E-state index contributed by atoms with van der Waals surface area (Å²) < 4.78 is 26.9. The van der Waals surface area contributed by atoms with E-state index >= 15 is 0 Å². The molecule has 1 amide bonds. The van der Waals surface area contributed by atoms with Gasteiger partial charge in [-0.05, 0) is 43.7 Å². The van der Waals surface area contributed by atoms with E-state index in [1.165, 1.54) is 16.4 Å². The van der Waals surface area contributed by atoms with Gasteiger partial charge in [0.25, 0.3) is 5.91 Å². The maximum atomic E-state index is 12.8. The minimum Gasteiger partial charge on any atom is -0.336 e. The number of hydrogen-bond acceptors (Lipinski definition) is 3. The molecule has 5 nitrogen and oxygen atoms in total. The standard InChI is InChI=1S/C19H21ClN2O3S/c1-14-6-7-15(2)18(12-14)19(23)21-8-10-22(11-9-21)26(24,25)17-5-3-4-16(20)13-17/h3-7,12-13H,8-11H2,1-2H3. The molecular weight excluding hydrogens is 372 g/mol. The first-order valence-electron chi connectivity index (χ1n) is 8.41. The number of carbonyl (C=O) groups is 1. The Bertz CT molecular complexity index is 936. The molecule has 26 heavy (non-hydrogen) atoms. The molecular formula is C19H21ClN2O3S. The molecule has 2 aromatic carbocycles. The van der Waals surface area contributed by atoms with E-state index in [1.807, 2.05) is 32.0 Å². The van der Waals surface area contributed by atoms with Gasteiger partial charge < -0.3 is 4.90 Å². The normalized spacial score (nSPS) is 15.9. The quantitative estimate of drug-likeness (QED) is 0.806. The number of benzene rings is 2. The molecule has 0 bridgehead atoms. The Morgan fingerprint density at radius 1 is 1.00 bits per heavy atom. The molecule has 1 aliphatic heterocycles. The van der Waals surface area contributed by atoms with Gasteiger partial charge in [0.15, 0.2) is 0 Å². The largest absolute Gasteiger partial charge is 0.336 e. The van der Waals surface area contributed by atoms with Crippen LogP contribution in [-0.2, 0) is 10.0 Å². The zero-order valence-corrected chi connectivity index (χ0v) is 16.3. The minimum absolute atomic E-state index is 0.0500. The summed E-state index contributed by atoms with van der Waals surface area (Å²) in [6.45, 7) is 5.13. The lowest BCUT2D eigenvalue weighted by Gasteiger charge is -2.34. The Hall–Kier alpha value is -1.89. The van der Waals surface area contributed by atoms with E-state index in [0.29, 0.717) is 23.7 Å². The lowest BCUT2D eigenvalue weighted by Crippen LogP contribution is -2.50. The van der Waals surface area contributed by atoms with Crippen LogP contribution < -0.4 is 0 Å². The first kappa shape index (κ1) is 18.9. The summed E-state index contributed by atoms with van der Waals surface area (Å²) in [5, 5.41) is 0.384. The number of halogens is 1. The van der Waals surface area contributed by atoms with Crippen LogP contribution in [0.25, 0.3) is 0 Å². The second-order valence-corrected chi connectivity index (χ2v) is 8.85. The first-order chi connectivity index (χ1) is 12.3. The third-order valence-electron chi connectivity index (χ3n) is 4.58. The van der Waals surface area contributed by atoms with Crippen LogP contribution in [0.15, 0.2) is 47.4 Å². The highest BCUT2D eigenvalue weighted by atomic mass is 35.5. The van der Waals surface area contributed by atoms with Crippen molar-refractivity contribution >= 4 is 27.5 Å². The summed E-state index contributed by atoms with van der Waals surface area (Å²) >= 11 is 5.91. The third kappa shape index (κ3) is 3.77. The van der Waals surface area contributed by atoms with Crippen molar-refractivity contribution in [2.75, 3.05) is 26.2 Å². The van der Waals surface area contributed by atoms with E-state index < -0.39 is 10.0 Å². The third-order valence-corrected chi connectivity index (χ3v) is 6.71. The van der Waals surface area contributed by atoms with Crippen LogP contribution >= 0.6 is 11.6 Å². The molecule has 0 atom stereocenters. The summed E-state index contributed by atoms with van der Waals surface area (Å²) in [5.41, 5.74) is 2.63. The van der Waals surface area contributed by atoms with Crippen LogP contribution in [-0.4, -0.2) is 49.7 Å². The maximum absolute atomic E-state index is 12.8. The van der Waals surface area contributed by atoms with Crippen LogP contribution in [0, 0.1) is 13.8 Å². The molecule has 0 radical (unpaired) electrons. The van der Waals surface area contributed by atoms with Gasteiger partial charge in [0.05, 0.1) is 4.90 Å². The molecule has 0 spiro atoms. The van der Waals surface area contributed by atoms with Crippen molar-refractivity contribution in [1.82, 2.24) is 9.21 Å². The Balaban J connectivity index is 1.73. The molecule has 0 aliphatic carbocycles. The zero-order valence-electron chi connectivity index (χ0n) is 14.8. The van der Waals surface area contributed by atoms with Crippen LogP contribution in [0.4, 0.5) is 0 Å². The molecule has 0 N–H and O–H groups in total. The van der Waals surface area contributed by atoms with Gasteiger partial charge in [-0.3, -0.25) is 4.79 Å². The average Bonchev–Trinajstić information content (AvgIpc) is 2.63. The highest BCUT2D eigenvalue weighted by molar-refractivity contribution is 7.89. The molecule has 3 rings (SSSR count). The molecule has 0 unspecified atom stereocenters. The Morgan fingerprint density at radius 2 is 1.69 bits per heavy atom. The van der Waals surface area contributed by atoms with Crippen molar-refractivity contribution < 1.29 is 13.2 Å². The SMILES string of the molecule is Cc1ccc(C)c(C(=O)N2CCN(S(=O)(=O)c3cccc(Cl)c3)CC2)c1. The zero-order chi connectivity index (χ0) is 18.9. The Kier molecular flexibility index (Phi) is 5.37. The fraction of sp³-hybridized carbons (Fsp3) is 0.316. The lowest BCUT2D eigenvalue weighted by molar-refractivity contribution is 0.0697. The summed E-state index contributed by atoms with van der Waals surface area (Å²) in [7, 11) is -3.60. The fourth-order valence-electron chi connectivity index (χ4n) is 3.04. The lowest BCUT2D eigenvalue weighted by atomic mass is 10.0. The van der Waals surface area contributed by atoms with Crippen molar-refractivity contribution in [1.29, 1.82) is 0 Å². The number of piperazine rings is 1. The number of sulfonamides is 1. The van der Waals surface area contributed by atoms with Gasteiger partial charge in [0, 0.05) is 36.8 Å². The van der Waals surface area contributed by atoms with E-state index in [9.17, 15) is 13.2 Å². The van der Waals surface area contributed by atoms with Gasteiger partial charge in [-0.2, -0.15) is 4.31 Å². The Morgan fingerprint density at radius 3 is 2.35 bits per heavy atom. The molecule has 1 aliphatic rings. The van der Waals surface area contributed by atoms with Crippen molar-refractivity contribution in [2.45, 2.75) is 18.7 Å². The molecule has 2 aromatic rings. The second-order valence-electron chi connectivity index (χ2n) is 6.47. The van der Waals surface area contributed by atoms with E-state index in [-0.39, 0.29) is 23.9 Å². The summed E-state index contributed by atoms with van der Waals surface area (Å²) in [4.78, 5) is 14.7. The van der Waals surface area contributed by atoms with Crippen molar-refractivity contribution in [2.24, 2.45) is 0 Å². The highest BCUT2D eigenvalue weighted by Crippen LogP contribution is 2.22. The second kappa shape index (κ2) is 7.39. The van der Waals surface area contributed by atoms with Gasteiger partial charge in [-0.25, -0.2) is 8.42 Å². The van der Waals surface area contributed by atoms with Crippen LogP contribution in [0.1, 0.15) is 21.5 Å². The molecule has 1 fully saturated rings. The number of aryl methyl sites for hydroxylation is 2. The maximum Gasteiger partial charge on any atom is 0.254 e. The highest BCUT2D eigenvalue weighted by Gasteiger charge is 2.30. The van der Waals surface area contributed by atoms with Crippen molar-refractivity contribution in [3.8, 4) is 0 Å². The molecule has 1 heterocycles. The topological polar surface area (TPSA) is 57.7 Å². The van der Waals surface area contributed by atoms with Gasteiger partial charge in [-0.15, -0.1) is 0 Å². The summed E-state index contributed by atoms with van der Waals surface area (Å²) in [5.74, 6) is -0.0500. The van der Waals surface area contributed by atoms with E-state index in [1.54, 1.807) is 17.0 Å². The number of hydrogen-bond donors (Lipinski definition) is 0. The molecule has 138 valence electrons. The van der Waals surface area contributed by atoms with E-state index in [4.69, 9.17) is 11.6 Å². The summed E-state index contributed by atoms with van der Waals surface area (Å²) in [6.07, 6.45) is 0. The minimum atomic E-state index is -3.60. The van der Waals surface area contributed by atoms with Crippen LogP contribution in [0.5, 0.6) is 0 Å².